The van der Waals surface area contributed by atoms with Crippen molar-refractivity contribution in [3.63, 3.8) is 0 Å². The maximum Gasteiger partial charge on any atom is 0.318 e. The number of carbonyl (C=O) groups is 2. The third kappa shape index (κ3) is 5.40. The van der Waals surface area contributed by atoms with Crippen LogP contribution in [0.4, 0.5) is 0 Å². The topological polar surface area (TPSA) is 74.6 Å². The maximum absolute atomic E-state index is 10.7. The molecule has 1 atom stereocenters. The van der Waals surface area contributed by atoms with Gasteiger partial charge in [-0.3, -0.25) is 9.59 Å². The van der Waals surface area contributed by atoms with Gasteiger partial charge in [-0.1, -0.05) is 39.5 Å². The predicted octanol–water partition coefficient (Wildman–Crippen LogP) is 2.38. The number of unbranched alkanes of at least 4 members (excludes halogenated alkanes) is 3. The van der Waals surface area contributed by atoms with Crippen LogP contribution in [0.5, 0.6) is 0 Å². The Kier molecular flexibility index (Phi) is 6.75. The summed E-state index contributed by atoms with van der Waals surface area (Å²) in [6, 6.07) is 0. The lowest BCUT2D eigenvalue weighted by Gasteiger charge is -2.15. The molecule has 0 aromatic carbocycles. The Morgan fingerprint density at radius 2 is 1.60 bits per heavy atom. The smallest absolute Gasteiger partial charge is 0.318 e. The Labute approximate surface area is 90.3 Å². The Hall–Kier alpha value is -1.06. The number of carboxylic acids is 2. The Bertz CT molecular complexity index is 199. The van der Waals surface area contributed by atoms with Crippen LogP contribution in [0.2, 0.25) is 0 Å². The van der Waals surface area contributed by atoms with Crippen molar-refractivity contribution < 1.29 is 19.8 Å². The fourth-order valence-electron chi connectivity index (χ4n) is 1.65. The fourth-order valence-corrected chi connectivity index (χ4v) is 1.65. The van der Waals surface area contributed by atoms with E-state index < -0.39 is 17.9 Å². The Balaban J connectivity index is 3.98. The highest BCUT2D eigenvalue weighted by molar-refractivity contribution is 5.93. The largest absolute Gasteiger partial charge is 0.481 e. The molecule has 0 heterocycles. The summed E-state index contributed by atoms with van der Waals surface area (Å²) in [4.78, 5) is 21.4. The second-order valence-electron chi connectivity index (χ2n) is 3.98. The molecule has 0 radical (unpaired) electrons. The van der Waals surface area contributed by atoms with E-state index in [1.807, 2.05) is 0 Å². The van der Waals surface area contributed by atoms with E-state index in [2.05, 4.69) is 6.92 Å². The molecule has 0 saturated carbocycles. The lowest BCUT2D eigenvalue weighted by Crippen LogP contribution is -2.29. The average molecular weight is 216 g/mol. The molecule has 4 nitrogen and oxygen atoms in total. The minimum absolute atomic E-state index is 0.295. The highest BCUT2D eigenvalue weighted by Gasteiger charge is 2.31. The van der Waals surface area contributed by atoms with Crippen LogP contribution in [-0.2, 0) is 9.59 Å². The van der Waals surface area contributed by atoms with E-state index in [0.717, 1.165) is 25.7 Å². The summed E-state index contributed by atoms with van der Waals surface area (Å²) in [6.07, 6.45) is 4.87. The van der Waals surface area contributed by atoms with E-state index in [1.54, 1.807) is 6.92 Å². The molecule has 4 heteroatoms. The lowest BCUT2D eigenvalue weighted by atomic mass is 9.89. The summed E-state index contributed by atoms with van der Waals surface area (Å²) in [5.74, 6) is -4.01. The third-order valence-corrected chi connectivity index (χ3v) is 2.61. The van der Waals surface area contributed by atoms with Gasteiger partial charge in [0.15, 0.2) is 5.92 Å². The van der Waals surface area contributed by atoms with Gasteiger partial charge in [0.1, 0.15) is 0 Å². The normalized spacial score (nSPS) is 12.7. The van der Waals surface area contributed by atoms with Crippen LogP contribution < -0.4 is 0 Å². The molecule has 0 rings (SSSR count). The summed E-state index contributed by atoms with van der Waals surface area (Å²) in [5.41, 5.74) is 0. The SMILES string of the molecule is CCCCCCC(C)C(C(=O)O)C(=O)O. The zero-order valence-electron chi connectivity index (χ0n) is 9.40. The standard InChI is InChI=1S/C11H20O4/c1-3-4-5-6-7-8(2)9(10(12)13)11(14)15/h8-9H,3-7H2,1-2H3,(H,12,13)(H,14,15). The summed E-state index contributed by atoms with van der Waals surface area (Å²) in [5, 5.41) is 17.5. The summed E-state index contributed by atoms with van der Waals surface area (Å²) >= 11 is 0. The highest BCUT2D eigenvalue weighted by Crippen LogP contribution is 2.19. The second kappa shape index (κ2) is 7.26. The minimum atomic E-state index is -1.26. The van der Waals surface area contributed by atoms with Crippen molar-refractivity contribution >= 4 is 11.9 Å². The van der Waals surface area contributed by atoms with Crippen LogP contribution >= 0.6 is 0 Å². The van der Waals surface area contributed by atoms with E-state index in [-0.39, 0.29) is 5.92 Å². The zero-order chi connectivity index (χ0) is 11.8. The van der Waals surface area contributed by atoms with Crippen LogP contribution in [0.15, 0.2) is 0 Å². The number of hydrogen-bond acceptors (Lipinski definition) is 2. The van der Waals surface area contributed by atoms with Crippen molar-refractivity contribution in [2.45, 2.75) is 46.0 Å². The van der Waals surface area contributed by atoms with E-state index in [0.29, 0.717) is 6.42 Å². The van der Waals surface area contributed by atoms with Gasteiger partial charge < -0.3 is 10.2 Å². The van der Waals surface area contributed by atoms with Gasteiger partial charge in [0.25, 0.3) is 0 Å². The summed E-state index contributed by atoms with van der Waals surface area (Å²) in [7, 11) is 0. The molecule has 0 amide bonds. The van der Waals surface area contributed by atoms with Crippen molar-refractivity contribution in [3.05, 3.63) is 0 Å². The van der Waals surface area contributed by atoms with E-state index in [4.69, 9.17) is 10.2 Å². The highest BCUT2D eigenvalue weighted by atomic mass is 16.4. The fraction of sp³-hybridized carbons (Fsp3) is 0.818. The van der Waals surface area contributed by atoms with E-state index in [9.17, 15) is 9.59 Å². The van der Waals surface area contributed by atoms with Gasteiger partial charge in [0.05, 0.1) is 0 Å². The second-order valence-corrected chi connectivity index (χ2v) is 3.98. The van der Waals surface area contributed by atoms with Crippen molar-refractivity contribution in [3.8, 4) is 0 Å². The zero-order valence-corrected chi connectivity index (χ0v) is 9.40. The van der Waals surface area contributed by atoms with Gasteiger partial charge in [-0.15, -0.1) is 0 Å². The molecular weight excluding hydrogens is 196 g/mol. The number of rotatable bonds is 8. The van der Waals surface area contributed by atoms with Crippen LogP contribution in [-0.4, -0.2) is 22.2 Å². The monoisotopic (exact) mass is 216 g/mol. The number of aliphatic carboxylic acids is 2. The predicted molar refractivity (Wildman–Crippen MR) is 56.7 cm³/mol. The van der Waals surface area contributed by atoms with Crippen LogP contribution in [0.3, 0.4) is 0 Å². The number of carboxylic acid groups (broad SMARTS) is 2. The lowest BCUT2D eigenvalue weighted by molar-refractivity contribution is -0.157. The quantitative estimate of drug-likeness (QED) is 0.482. The molecule has 0 aliphatic carbocycles. The van der Waals surface area contributed by atoms with Gasteiger partial charge in [-0.05, 0) is 12.3 Å². The van der Waals surface area contributed by atoms with Crippen molar-refractivity contribution in [1.29, 1.82) is 0 Å². The van der Waals surface area contributed by atoms with Gasteiger partial charge in [0.2, 0.25) is 0 Å². The molecule has 15 heavy (non-hydrogen) atoms. The molecule has 0 saturated heterocycles. The van der Waals surface area contributed by atoms with Gasteiger partial charge >= 0.3 is 11.9 Å². The molecule has 0 aromatic rings. The third-order valence-electron chi connectivity index (χ3n) is 2.61. The average Bonchev–Trinajstić information content (AvgIpc) is 2.11. The molecule has 0 aliphatic rings. The van der Waals surface area contributed by atoms with Crippen molar-refractivity contribution in [2.24, 2.45) is 11.8 Å². The molecule has 1 unspecified atom stereocenters. The molecule has 0 aromatic heterocycles. The molecular formula is C11H20O4. The number of hydrogen-bond donors (Lipinski definition) is 2. The van der Waals surface area contributed by atoms with E-state index >= 15 is 0 Å². The van der Waals surface area contributed by atoms with Crippen molar-refractivity contribution in [1.82, 2.24) is 0 Å². The van der Waals surface area contributed by atoms with Crippen molar-refractivity contribution in [2.75, 3.05) is 0 Å². The molecule has 2 N–H and O–H groups in total. The molecule has 0 bridgehead atoms. The van der Waals surface area contributed by atoms with E-state index in [1.165, 1.54) is 0 Å². The van der Waals surface area contributed by atoms with Crippen LogP contribution in [0.25, 0.3) is 0 Å². The first-order chi connectivity index (χ1) is 7.00. The molecule has 0 aliphatic heterocycles. The maximum atomic E-state index is 10.7. The first-order valence-corrected chi connectivity index (χ1v) is 5.46. The molecule has 88 valence electrons. The first kappa shape index (κ1) is 13.9. The van der Waals surface area contributed by atoms with Crippen LogP contribution in [0.1, 0.15) is 46.0 Å². The van der Waals surface area contributed by atoms with Crippen LogP contribution in [0, 0.1) is 11.8 Å². The Morgan fingerprint density at radius 1 is 1.07 bits per heavy atom. The van der Waals surface area contributed by atoms with Gasteiger partial charge in [0, 0.05) is 0 Å². The summed E-state index contributed by atoms with van der Waals surface area (Å²) < 4.78 is 0. The molecule has 0 fully saturated rings. The van der Waals surface area contributed by atoms with Gasteiger partial charge in [-0.25, -0.2) is 0 Å². The van der Waals surface area contributed by atoms with Gasteiger partial charge in [-0.2, -0.15) is 0 Å². The summed E-state index contributed by atoms with van der Waals surface area (Å²) in [6.45, 7) is 3.79. The first-order valence-electron chi connectivity index (χ1n) is 5.46. The molecule has 0 spiro atoms. The minimum Gasteiger partial charge on any atom is -0.481 e. The Morgan fingerprint density at radius 3 is 2.00 bits per heavy atom.